The van der Waals surface area contributed by atoms with Crippen molar-refractivity contribution < 1.29 is 14.3 Å². The molecule has 158 valence electrons. The van der Waals surface area contributed by atoms with Crippen molar-refractivity contribution in [3.8, 4) is 0 Å². The lowest BCUT2D eigenvalue weighted by molar-refractivity contribution is -0.128. The lowest BCUT2D eigenvalue weighted by Gasteiger charge is -2.16. The smallest absolute Gasteiger partial charge is 0.242 e. The second-order valence-electron chi connectivity index (χ2n) is 7.39. The summed E-state index contributed by atoms with van der Waals surface area (Å²) in [5.74, 6) is -0.297. The van der Waals surface area contributed by atoms with Crippen molar-refractivity contribution in [3.63, 3.8) is 0 Å². The number of ether oxygens (including phenoxy) is 1. The first kappa shape index (κ1) is 22.1. The number of amides is 2. The molecule has 3 rings (SSSR count). The third-order valence-electron chi connectivity index (χ3n) is 4.82. The van der Waals surface area contributed by atoms with E-state index in [1.807, 2.05) is 63.2 Å². The van der Waals surface area contributed by atoms with Gasteiger partial charge in [0, 0.05) is 19.2 Å². The summed E-state index contributed by atoms with van der Waals surface area (Å²) in [7, 11) is 1.60. The highest BCUT2D eigenvalue weighted by Gasteiger charge is 2.39. The summed E-state index contributed by atoms with van der Waals surface area (Å²) >= 11 is 1.33. The summed E-state index contributed by atoms with van der Waals surface area (Å²) in [6.45, 7) is 6.79. The quantitative estimate of drug-likeness (QED) is 0.721. The number of hydrogen-bond donors (Lipinski definition) is 1. The van der Waals surface area contributed by atoms with Gasteiger partial charge in [-0.25, -0.2) is 4.99 Å². The topological polar surface area (TPSA) is 71.0 Å². The van der Waals surface area contributed by atoms with Crippen molar-refractivity contribution in [3.05, 3.63) is 59.2 Å². The first-order valence-electron chi connectivity index (χ1n) is 9.87. The fraction of sp³-hybridized carbons (Fsp3) is 0.348. The highest BCUT2D eigenvalue weighted by molar-refractivity contribution is 8.15. The van der Waals surface area contributed by atoms with Crippen LogP contribution in [0.25, 0.3) is 0 Å². The number of methoxy groups -OCH3 is 1. The third kappa shape index (κ3) is 5.49. The number of aryl methyl sites for hydroxylation is 3. The van der Waals surface area contributed by atoms with E-state index in [2.05, 4.69) is 10.3 Å². The van der Waals surface area contributed by atoms with Crippen LogP contribution in [0.5, 0.6) is 0 Å². The number of carbonyl (C=O) groups excluding carboxylic acids is 2. The second kappa shape index (κ2) is 9.91. The molecule has 1 atom stereocenters. The third-order valence-corrected chi connectivity index (χ3v) is 6.00. The predicted octanol–water partition coefficient (Wildman–Crippen LogP) is 4.22. The average Bonchev–Trinajstić information content (AvgIpc) is 2.98. The molecule has 1 aliphatic rings. The van der Waals surface area contributed by atoms with Gasteiger partial charge in [0.05, 0.1) is 18.8 Å². The molecule has 6 nitrogen and oxygen atoms in total. The Balaban J connectivity index is 1.73. The lowest BCUT2D eigenvalue weighted by atomic mass is 10.1. The molecule has 2 aromatic carbocycles. The Morgan fingerprint density at radius 3 is 2.50 bits per heavy atom. The monoisotopic (exact) mass is 425 g/mol. The van der Waals surface area contributed by atoms with Gasteiger partial charge in [0.2, 0.25) is 11.8 Å². The van der Waals surface area contributed by atoms with Gasteiger partial charge in [-0.1, -0.05) is 47.2 Å². The molecular weight excluding hydrogens is 398 g/mol. The fourth-order valence-corrected chi connectivity index (χ4v) is 4.35. The fourth-order valence-electron chi connectivity index (χ4n) is 3.17. The van der Waals surface area contributed by atoms with Crippen LogP contribution in [0.2, 0.25) is 0 Å². The molecule has 1 heterocycles. The van der Waals surface area contributed by atoms with Gasteiger partial charge in [0.25, 0.3) is 0 Å². The van der Waals surface area contributed by atoms with Crippen LogP contribution in [0.15, 0.2) is 47.5 Å². The van der Waals surface area contributed by atoms with E-state index in [-0.39, 0.29) is 18.2 Å². The number of nitrogens with one attached hydrogen (secondary N) is 1. The first-order valence-corrected chi connectivity index (χ1v) is 10.7. The maximum absolute atomic E-state index is 13.0. The lowest BCUT2D eigenvalue weighted by Crippen LogP contribution is -2.35. The van der Waals surface area contributed by atoms with Crippen LogP contribution < -0.4 is 5.32 Å². The molecule has 0 spiro atoms. The second-order valence-corrected chi connectivity index (χ2v) is 8.56. The number of benzene rings is 2. The van der Waals surface area contributed by atoms with Gasteiger partial charge in [0.15, 0.2) is 5.17 Å². The van der Waals surface area contributed by atoms with Crippen LogP contribution >= 0.6 is 11.8 Å². The number of hydrogen-bond acceptors (Lipinski definition) is 5. The van der Waals surface area contributed by atoms with Crippen LogP contribution in [0.4, 0.5) is 11.4 Å². The number of rotatable bonds is 7. The van der Waals surface area contributed by atoms with Crippen LogP contribution in [-0.2, 0) is 14.3 Å². The average molecular weight is 426 g/mol. The Morgan fingerprint density at radius 1 is 1.13 bits per heavy atom. The summed E-state index contributed by atoms with van der Waals surface area (Å²) < 4.78 is 5.15. The van der Waals surface area contributed by atoms with E-state index >= 15 is 0 Å². The summed E-state index contributed by atoms with van der Waals surface area (Å²) in [4.78, 5) is 31.8. The van der Waals surface area contributed by atoms with Crippen molar-refractivity contribution in [2.45, 2.75) is 32.4 Å². The Bertz CT molecular complexity index is 957. The SMILES string of the molecule is COCCN1C(=O)[C@@H](CC(=O)Nc2ccc(C)cc2C)SC1=Nc1ccc(C)cc1. The Kier molecular flexibility index (Phi) is 7.29. The molecule has 7 heteroatoms. The standard InChI is InChI=1S/C23H27N3O3S/c1-15-5-8-18(9-6-15)24-23-26(11-12-29-4)22(28)20(30-23)14-21(27)25-19-10-7-16(2)13-17(19)3/h5-10,13,20H,11-12,14H2,1-4H3,(H,25,27)/t20-/m1/s1. The molecule has 1 saturated heterocycles. The van der Waals surface area contributed by atoms with E-state index < -0.39 is 5.25 Å². The molecule has 0 aliphatic carbocycles. The van der Waals surface area contributed by atoms with Gasteiger partial charge in [-0.3, -0.25) is 14.5 Å². The van der Waals surface area contributed by atoms with E-state index in [0.717, 1.165) is 28.1 Å². The zero-order valence-electron chi connectivity index (χ0n) is 17.8. The number of thioether (sulfide) groups is 1. The van der Waals surface area contributed by atoms with Gasteiger partial charge >= 0.3 is 0 Å². The Morgan fingerprint density at radius 2 is 1.83 bits per heavy atom. The number of amidine groups is 1. The number of anilines is 1. The molecule has 1 aliphatic heterocycles. The van der Waals surface area contributed by atoms with Gasteiger partial charge in [-0.15, -0.1) is 0 Å². The van der Waals surface area contributed by atoms with E-state index in [1.54, 1.807) is 12.0 Å². The summed E-state index contributed by atoms with van der Waals surface area (Å²) in [6.07, 6.45) is 0.0905. The van der Waals surface area contributed by atoms with Crippen molar-refractivity contribution >= 4 is 40.1 Å². The number of nitrogens with zero attached hydrogens (tertiary/aromatic N) is 2. The Hall–Kier alpha value is -2.64. The summed E-state index contributed by atoms with van der Waals surface area (Å²) in [5, 5.41) is 3.03. The van der Waals surface area contributed by atoms with Gasteiger partial charge in [-0.2, -0.15) is 0 Å². The van der Waals surface area contributed by atoms with Crippen molar-refractivity contribution in [2.24, 2.45) is 4.99 Å². The van der Waals surface area contributed by atoms with E-state index in [0.29, 0.717) is 18.3 Å². The van der Waals surface area contributed by atoms with Crippen LogP contribution in [0.3, 0.4) is 0 Å². The number of carbonyl (C=O) groups is 2. The molecular formula is C23H27N3O3S. The summed E-state index contributed by atoms with van der Waals surface area (Å²) in [6, 6.07) is 13.7. The first-order chi connectivity index (χ1) is 14.4. The molecule has 0 radical (unpaired) electrons. The minimum atomic E-state index is -0.503. The van der Waals surface area contributed by atoms with Crippen LogP contribution in [0, 0.1) is 20.8 Å². The molecule has 2 aromatic rings. The van der Waals surface area contributed by atoms with E-state index in [9.17, 15) is 9.59 Å². The molecule has 30 heavy (non-hydrogen) atoms. The van der Waals surface area contributed by atoms with Crippen LogP contribution in [-0.4, -0.2) is 47.4 Å². The van der Waals surface area contributed by atoms with Crippen molar-refractivity contribution in [1.29, 1.82) is 0 Å². The van der Waals surface area contributed by atoms with E-state index in [4.69, 9.17) is 4.74 Å². The molecule has 1 N–H and O–H groups in total. The van der Waals surface area contributed by atoms with Gasteiger partial charge in [-0.05, 0) is 44.5 Å². The van der Waals surface area contributed by atoms with Crippen molar-refractivity contribution in [2.75, 3.05) is 25.6 Å². The molecule has 0 saturated carbocycles. The van der Waals surface area contributed by atoms with Gasteiger partial charge in [0.1, 0.15) is 5.25 Å². The molecule has 1 fully saturated rings. The van der Waals surface area contributed by atoms with Gasteiger partial charge < -0.3 is 10.1 Å². The maximum atomic E-state index is 13.0. The highest BCUT2D eigenvalue weighted by Crippen LogP contribution is 2.32. The van der Waals surface area contributed by atoms with E-state index in [1.165, 1.54) is 11.8 Å². The normalized spacial score (nSPS) is 17.6. The molecule has 0 aromatic heterocycles. The maximum Gasteiger partial charge on any atom is 0.242 e. The Labute approximate surface area is 181 Å². The summed E-state index contributed by atoms with van der Waals surface area (Å²) in [5.41, 5.74) is 4.82. The number of aliphatic imine (C=N–C) groups is 1. The van der Waals surface area contributed by atoms with Crippen LogP contribution in [0.1, 0.15) is 23.1 Å². The minimum Gasteiger partial charge on any atom is -0.383 e. The highest BCUT2D eigenvalue weighted by atomic mass is 32.2. The largest absolute Gasteiger partial charge is 0.383 e. The zero-order chi connectivity index (χ0) is 21.7. The predicted molar refractivity (Wildman–Crippen MR) is 122 cm³/mol. The zero-order valence-corrected chi connectivity index (χ0v) is 18.6. The van der Waals surface area contributed by atoms with Crippen molar-refractivity contribution in [1.82, 2.24) is 4.90 Å². The molecule has 2 amide bonds. The molecule has 0 bridgehead atoms. The minimum absolute atomic E-state index is 0.0905. The molecule has 0 unspecified atom stereocenters.